The third-order valence-electron chi connectivity index (χ3n) is 5.59. The number of amides is 1. The summed E-state index contributed by atoms with van der Waals surface area (Å²) in [5.41, 5.74) is 2.86. The molecule has 1 aromatic heterocycles. The SMILES string of the molecule is CCC[C@H](C(=O)Nc1cccc(-c2nnc3n2CCCCC3)c1)c1ccccc1. The molecule has 1 atom stereocenters. The molecule has 2 aromatic carbocycles. The minimum absolute atomic E-state index is 0.0373. The van der Waals surface area contributed by atoms with E-state index in [0.29, 0.717) is 0 Å². The molecule has 2 heterocycles. The van der Waals surface area contributed by atoms with E-state index in [1.54, 1.807) is 0 Å². The van der Waals surface area contributed by atoms with E-state index in [1.807, 2.05) is 54.6 Å². The van der Waals surface area contributed by atoms with Crippen molar-refractivity contribution in [3.8, 4) is 11.4 Å². The van der Waals surface area contributed by atoms with Crippen LogP contribution in [0.5, 0.6) is 0 Å². The van der Waals surface area contributed by atoms with Gasteiger partial charge in [-0.2, -0.15) is 0 Å². The smallest absolute Gasteiger partial charge is 0.231 e. The second-order valence-corrected chi connectivity index (χ2v) is 7.72. The molecule has 3 aromatic rings. The standard InChI is InChI=1S/C24H28N4O/c1-2-10-21(18-11-5-3-6-12-18)24(29)25-20-14-9-13-19(17-20)23-27-26-22-15-7-4-8-16-28(22)23/h3,5-6,9,11-14,17,21H,2,4,7-8,10,15-16H2,1H3,(H,25,29)/t21-/m0/s1. The molecule has 5 nitrogen and oxygen atoms in total. The molecule has 4 rings (SSSR count). The van der Waals surface area contributed by atoms with E-state index in [0.717, 1.165) is 60.7 Å². The Hall–Kier alpha value is -2.95. The summed E-state index contributed by atoms with van der Waals surface area (Å²) in [6.07, 6.45) is 6.33. The third kappa shape index (κ3) is 4.39. The van der Waals surface area contributed by atoms with Gasteiger partial charge in [-0.05, 0) is 37.0 Å². The van der Waals surface area contributed by atoms with Crippen molar-refractivity contribution >= 4 is 11.6 Å². The maximum Gasteiger partial charge on any atom is 0.231 e. The highest BCUT2D eigenvalue weighted by molar-refractivity contribution is 5.96. The van der Waals surface area contributed by atoms with E-state index in [2.05, 4.69) is 27.0 Å². The zero-order valence-corrected chi connectivity index (χ0v) is 17.0. The molecule has 150 valence electrons. The molecule has 1 aliphatic rings. The summed E-state index contributed by atoms with van der Waals surface area (Å²) in [4.78, 5) is 13.0. The molecular weight excluding hydrogens is 360 g/mol. The second-order valence-electron chi connectivity index (χ2n) is 7.72. The number of benzene rings is 2. The third-order valence-corrected chi connectivity index (χ3v) is 5.59. The van der Waals surface area contributed by atoms with Crippen LogP contribution in [0, 0.1) is 0 Å². The fraction of sp³-hybridized carbons (Fsp3) is 0.375. The molecule has 0 radical (unpaired) electrons. The Morgan fingerprint density at radius 1 is 1.07 bits per heavy atom. The van der Waals surface area contributed by atoms with E-state index < -0.39 is 0 Å². The van der Waals surface area contributed by atoms with Crippen LogP contribution in [0.25, 0.3) is 11.4 Å². The summed E-state index contributed by atoms with van der Waals surface area (Å²) < 4.78 is 2.23. The van der Waals surface area contributed by atoms with Gasteiger partial charge in [0.05, 0.1) is 5.92 Å². The van der Waals surface area contributed by atoms with Crippen molar-refractivity contribution in [3.05, 3.63) is 66.0 Å². The van der Waals surface area contributed by atoms with Crippen molar-refractivity contribution in [1.29, 1.82) is 0 Å². The van der Waals surface area contributed by atoms with Gasteiger partial charge in [-0.15, -0.1) is 10.2 Å². The van der Waals surface area contributed by atoms with Crippen molar-refractivity contribution in [2.75, 3.05) is 5.32 Å². The average Bonchev–Trinajstić information content (AvgIpc) is 3.01. The zero-order chi connectivity index (χ0) is 20.1. The predicted molar refractivity (Wildman–Crippen MR) is 116 cm³/mol. The summed E-state index contributed by atoms with van der Waals surface area (Å²) in [6, 6.07) is 18.0. The first-order valence-corrected chi connectivity index (χ1v) is 10.6. The van der Waals surface area contributed by atoms with E-state index in [-0.39, 0.29) is 11.8 Å². The number of hydrogen-bond donors (Lipinski definition) is 1. The number of fused-ring (bicyclic) bond motifs is 1. The summed E-state index contributed by atoms with van der Waals surface area (Å²) >= 11 is 0. The van der Waals surface area contributed by atoms with Gasteiger partial charge in [-0.3, -0.25) is 4.79 Å². The van der Waals surface area contributed by atoms with Gasteiger partial charge in [0.1, 0.15) is 5.82 Å². The van der Waals surface area contributed by atoms with Gasteiger partial charge in [-0.25, -0.2) is 0 Å². The van der Waals surface area contributed by atoms with Crippen molar-refractivity contribution in [2.24, 2.45) is 0 Å². The molecule has 0 fully saturated rings. The van der Waals surface area contributed by atoms with Crippen LogP contribution in [-0.2, 0) is 17.8 Å². The zero-order valence-electron chi connectivity index (χ0n) is 17.0. The molecule has 29 heavy (non-hydrogen) atoms. The van der Waals surface area contributed by atoms with Gasteiger partial charge in [0.2, 0.25) is 5.91 Å². The minimum atomic E-state index is -0.144. The molecule has 0 saturated heterocycles. The first-order chi connectivity index (χ1) is 14.3. The second kappa shape index (κ2) is 9.03. The summed E-state index contributed by atoms with van der Waals surface area (Å²) in [7, 11) is 0. The highest BCUT2D eigenvalue weighted by Gasteiger charge is 2.20. The lowest BCUT2D eigenvalue weighted by Crippen LogP contribution is -2.21. The van der Waals surface area contributed by atoms with Gasteiger partial charge < -0.3 is 9.88 Å². The lowest BCUT2D eigenvalue weighted by Gasteiger charge is -2.17. The van der Waals surface area contributed by atoms with Crippen LogP contribution in [0.15, 0.2) is 54.6 Å². The van der Waals surface area contributed by atoms with E-state index in [1.165, 1.54) is 12.8 Å². The van der Waals surface area contributed by atoms with Crippen LogP contribution in [0.1, 0.15) is 56.3 Å². The maximum absolute atomic E-state index is 13.0. The van der Waals surface area contributed by atoms with Gasteiger partial charge in [0, 0.05) is 24.2 Å². The monoisotopic (exact) mass is 388 g/mol. The topological polar surface area (TPSA) is 59.8 Å². The highest BCUT2D eigenvalue weighted by Crippen LogP contribution is 2.27. The Morgan fingerprint density at radius 2 is 1.93 bits per heavy atom. The number of anilines is 1. The van der Waals surface area contributed by atoms with E-state index in [4.69, 9.17) is 0 Å². The number of nitrogens with zero attached hydrogens (tertiary/aromatic N) is 3. The van der Waals surface area contributed by atoms with Gasteiger partial charge in [-0.1, -0.05) is 62.2 Å². The van der Waals surface area contributed by atoms with Crippen LogP contribution in [0.3, 0.4) is 0 Å². The van der Waals surface area contributed by atoms with Gasteiger partial charge in [0.25, 0.3) is 0 Å². The normalized spacial score (nSPS) is 14.7. The van der Waals surface area contributed by atoms with E-state index in [9.17, 15) is 4.79 Å². The number of nitrogens with one attached hydrogen (secondary N) is 1. The molecule has 5 heteroatoms. The van der Waals surface area contributed by atoms with Gasteiger partial charge >= 0.3 is 0 Å². The fourth-order valence-electron chi connectivity index (χ4n) is 4.09. The molecule has 1 aliphatic heterocycles. The Bertz CT molecular complexity index is 964. The number of carbonyl (C=O) groups excluding carboxylic acids is 1. The number of aromatic nitrogens is 3. The van der Waals surface area contributed by atoms with Crippen molar-refractivity contribution in [2.45, 2.75) is 57.9 Å². The summed E-state index contributed by atoms with van der Waals surface area (Å²) in [5.74, 6) is 1.86. The maximum atomic E-state index is 13.0. The molecule has 1 amide bonds. The van der Waals surface area contributed by atoms with Crippen LogP contribution in [-0.4, -0.2) is 20.7 Å². The lowest BCUT2D eigenvalue weighted by molar-refractivity contribution is -0.117. The summed E-state index contributed by atoms with van der Waals surface area (Å²) in [5, 5.41) is 12.0. The van der Waals surface area contributed by atoms with Crippen molar-refractivity contribution in [3.63, 3.8) is 0 Å². The first-order valence-electron chi connectivity index (χ1n) is 10.6. The molecule has 0 unspecified atom stereocenters. The lowest BCUT2D eigenvalue weighted by atomic mass is 9.93. The number of carbonyl (C=O) groups is 1. The van der Waals surface area contributed by atoms with Crippen molar-refractivity contribution < 1.29 is 4.79 Å². The van der Waals surface area contributed by atoms with Crippen LogP contribution in [0.4, 0.5) is 5.69 Å². The fourth-order valence-corrected chi connectivity index (χ4v) is 4.09. The molecule has 0 saturated carbocycles. The molecular formula is C24H28N4O. The van der Waals surface area contributed by atoms with Crippen LogP contribution in [0.2, 0.25) is 0 Å². The van der Waals surface area contributed by atoms with Crippen LogP contribution < -0.4 is 5.32 Å². The van der Waals surface area contributed by atoms with Crippen LogP contribution >= 0.6 is 0 Å². The average molecular weight is 389 g/mol. The Labute approximate surface area is 172 Å². The quantitative estimate of drug-likeness (QED) is 0.632. The Morgan fingerprint density at radius 3 is 2.76 bits per heavy atom. The van der Waals surface area contributed by atoms with Crippen molar-refractivity contribution in [1.82, 2.24) is 14.8 Å². The molecule has 0 aliphatic carbocycles. The number of aryl methyl sites for hydroxylation is 1. The Balaban J connectivity index is 1.56. The molecule has 0 bridgehead atoms. The number of rotatable bonds is 6. The predicted octanol–water partition coefficient (Wildman–Crippen LogP) is 5.19. The largest absolute Gasteiger partial charge is 0.326 e. The highest BCUT2D eigenvalue weighted by atomic mass is 16.1. The Kier molecular flexibility index (Phi) is 6.03. The minimum Gasteiger partial charge on any atom is -0.326 e. The molecule has 0 spiro atoms. The molecule has 1 N–H and O–H groups in total. The number of hydrogen-bond acceptors (Lipinski definition) is 3. The van der Waals surface area contributed by atoms with E-state index >= 15 is 0 Å². The summed E-state index contributed by atoms with van der Waals surface area (Å²) in [6.45, 7) is 3.07. The first kappa shape index (κ1) is 19.4. The van der Waals surface area contributed by atoms with Gasteiger partial charge in [0.15, 0.2) is 5.82 Å².